The second kappa shape index (κ2) is 9.54. The van der Waals surface area contributed by atoms with Crippen LogP contribution in [-0.2, 0) is 21.3 Å². The van der Waals surface area contributed by atoms with Crippen LogP contribution in [0, 0.1) is 0 Å². The maximum absolute atomic E-state index is 12.3. The first-order chi connectivity index (χ1) is 13.3. The molecule has 152 valence electrons. The normalized spacial score (nSPS) is 11.3. The van der Waals surface area contributed by atoms with Gasteiger partial charge in [-0.1, -0.05) is 10.5 Å². The Kier molecular flexibility index (Phi) is 7.38. The zero-order valence-corrected chi connectivity index (χ0v) is 17.1. The van der Waals surface area contributed by atoms with Crippen molar-refractivity contribution in [3.63, 3.8) is 0 Å². The van der Waals surface area contributed by atoms with Crippen LogP contribution in [0.3, 0.4) is 0 Å². The Labute approximate surface area is 165 Å². The van der Waals surface area contributed by atoms with Crippen molar-refractivity contribution in [3.8, 4) is 11.5 Å². The largest absolute Gasteiger partial charge is 0.493 e. The van der Waals surface area contributed by atoms with Gasteiger partial charge in [0.1, 0.15) is 0 Å². The lowest BCUT2D eigenvalue weighted by atomic mass is 10.1. The number of nitrogens with one attached hydrogen (secondary N) is 1. The number of benzene rings is 2. The number of carbonyl (C=O) groups excluding carboxylic acids is 1. The van der Waals surface area contributed by atoms with Gasteiger partial charge >= 0.3 is 0 Å². The van der Waals surface area contributed by atoms with Gasteiger partial charge in [-0.25, -0.2) is 8.42 Å². The summed E-state index contributed by atoms with van der Waals surface area (Å²) in [5.41, 5.74) is 1.35. The number of nitrogens with zero attached hydrogens (tertiary/aromatic N) is 1. The first kappa shape index (κ1) is 21.7. The molecule has 2 rings (SSSR count). The summed E-state index contributed by atoms with van der Waals surface area (Å²) < 4.78 is 35.5. The zero-order valence-electron chi connectivity index (χ0n) is 16.3. The molecule has 2 aromatic carbocycles. The van der Waals surface area contributed by atoms with Crippen molar-refractivity contribution in [3.05, 3.63) is 53.6 Å². The third-order valence-corrected chi connectivity index (χ3v) is 5.85. The van der Waals surface area contributed by atoms with Crippen molar-refractivity contribution in [1.29, 1.82) is 0 Å². The highest BCUT2D eigenvalue weighted by atomic mass is 32.2. The molecule has 0 aliphatic rings. The van der Waals surface area contributed by atoms with Crippen molar-refractivity contribution < 1.29 is 27.5 Å². The Balaban J connectivity index is 1.97. The van der Waals surface area contributed by atoms with Crippen molar-refractivity contribution >= 4 is 15.9 Å². The number of carbonyl (C=O) groups is 1. The summed E-state index contributed by atoms with van der Waals surface area (Å²) in [7, 11) is 1.96. The number of rotatable bonds is 9. The second-order valence-electron chi connectivity index (χ2n) is 5.82. The molecule has 1 amide bonds. The van der Waals surface area contributed by atoms with Crippen molar-refractivity contribution in [1.82, 2.24) is 9.79 Å². The van der Waals surface area contributed by atoms with E-state index in [2.05, 4.69) is 5.32 Å². The zero-order chi connectivity index (χ0) is 20.7. The maximum Gasteiger partial charge on any atom is 0.264 e. The fourth-order valence-corrected chi connectivity index (χ4v) is 3.46. The lowest BCUT2D eigenvalue weighted by Gasteiger charge is -2.14. The van der Waals surface area contributed by atoms with Crippen molar-refractivity contribution in [2.45, 2.75) is 11.3 Å². The molecule has 0 atom stereocenters. The van der Waals surface area contributed by atoms with Crippen molar-refractivity contribution in [2.75, 3.05) is 34.9 Å². The van der Waals surface area contributed by atoms with Crippen LogP contribution in [0.15, 0.2) is 47.4 Å². The molecular weight excluding hydrogens is 384 g/mol. The third kappa shape index (κ3) is 5.00. The van der Waals surface area contributed by atoms with Gasteiger partial charge in [0.15, 0.2) is 11.5 Å². The van der Waals surface area contributed by atoms with E-state index >= 15 is 0 Å². The van der Waals surface area contributed by atoms with Crippen LogP contribution in [0.1, 0.15) is 15.9 Å². The summed E-state index contributed by atoms with van der Waals surface area (Å²) in [5, 5.41) is 2.81. The summed E-state index contributed by atoms with van der Waals surface area (Å²) in [6.45, 7) is 0.417. The minimum absolute atomic E-state index is 0.0405. The molecule has 0 spiro atoms. The Morgan fingerprint density at radius 2 is 1.64 bits per heavy atom. The molecule has 0 radical (unpaired) electrons. The average Bonchev–Trinajstić information content (AvgIpc) is 2.72. The fraction of sp³-hybridized carbons (Fsp3) is 0.316. The number of hydroxylamine groups is 1. The molecular formula is C19H24N2O6S. The highest BCUT2D eigenvalue weighted by molar-refractivity contribution is 7.89. The molecule has 9 heteroatoms. The van der Waals surface area contributed by atoms with Gasteiger partial charge < -0.3 is 14.8 Å². The van der Waals surface area contributed by atoms with E-state index in [0.29, 0.717) is 30.0 Å². The number of ether oxygens (including phenoxy) is 2. The molecule has 0 unspecified atom stereocenters. The fourth-order valence-electron chi connectivity index (χ4n) is 2.48. The van der Waals surface area contributed by atoms with E-state index in [1.165, 1.54) is 38.4 Å². The van der Waals surface area contributed by atoms with Gasteiger partial charge in [0.2, 0.25) is 0 Å². The first-order valence-electron chi connectivity index (χ1n) is 8.45. The van der Waals surface area contributed by atoms with Gasteiger partial charge in [0, 0.05) is 19.2 Å². The topological polar surface area (TPSA) is 94.2 Å². The SMILES string of the molecule is COc1ccc(CCNC(=O)c2ccc(S(=O)(=O)N(C)OC)cc2)cc1OC. The quantitative estimate of drug-likeness (QED) is 0.637. The number of sulfonamides is 1. The highest BCUT2D eigenvalue weighted by Gasteiger charge is 2.20. The lowest BCUT2D eigenvalue weighted by molar-refractivity contribution is -0.0258. The molecule has 0 fully saturated rings. The molecule has 8 nitrogen and oxygen atoms in total. The van der Waals surface area contributed by atoms with Crippen LogP contribution in [0.25, 0.3) is 0 Å². The lowest BCUT2D eigenvalue weighted by Crippen LogP contribution is -2.27. The van der Waals surface area contributed by atoms with Gasteiger partial charge in [-0.05, 0) is 48.4 Å². The van der Waals surface area contributed by atoms with Gasteiger partial charge in [-0.2, -0.15) is 0 Å². The van der Waals surface area contributed by atoms with Crippen LogP contribution in [0.4, 0.5) is 0 Å². The summed E-state index contributed by atoms with van der Waals surface area (Å²) in [4.78, 5) is 17.0. The van der Waals surface area contributed by atoms with Crippen LogP contribution in [-0.4, -0.2) is 53.7 Å². The predicted octanol–water partition coefficient (Wildman–Crippen LogP) is 1.86. The molecule has 1 N–H and O–H groups in total. The standard InChI is InChI=1S/C19H24N2O6S/c1-21(27-4)28(23,24)16-8-6-15(7-9-16)19(22)20-12-11-14-5-10-17(25-2)18(13-14)26-3/h5-10,13H,11-12H2,1-4H3,(H,20,22). The number of hydrogen-bond donors (Lipinski definition) is 1. The minimum atomic E-state index is -3.74. The molecule has 0 saturated heterocycles. The maximum atomic E-state index is 12.3. The highest BCUT2D eigenvalue weighted by Crippen LogP contribution is 2.27. The van der Waals surface area contributed by atoms with Crippen LogP contribution < -0.4 is 14.8 Å². The van der Waals surface area contributed by atoms with Gasteiger partial charge in [0.05, 0.1) is 26.2 Å². The molecule has 0 aliphatic carbocycles. The van der Waals surface area contributed by atoms with E-state index in [0.717, 1.165) is 10.0 Å². The summed E-state index contributed by atoms with van der Waals surface area (Å²) in [5.74, 6) is 0.984. The van der Waals surface area contributed by atoms with Crippen LogP contribution in [0.2, 0.25) is 0 Å². The van der Waals surface area contributed by atoms with E-state index in [-0.39, 0.29) is 10.8 Å². The van der Waals surface area contributed by atoms with E-state index in [4.69, 9.17) is 14.3 Å². The Morgan fingerprint density at radius 3 is 2.21 bits per heavy atom. The van der Waals surface area contributed by atoms with E-state index in [1.807, 2.05) is 18.2 Å². The molecule has 28 heavy (non-hydrogen) atoms. The molecule has 0 aromatic heterocycles. The van der Waals surface area contributed by atoms with Gasteiger partial charge in [-0.15, -0.1) is 0 Å². The monoisotopic (exact) mass is 408 g/mol. The molecule has 0 saturated carbocycles. The number of amides is 1. The smallest absolute Gasteiger partial charge is 0.264 e. The number of methoxy groups -OCH3 is 2. The Morgan fingerprint density at radius 1 is 1.00 bits per heavy atom. The molecule has 0 aliphatic heterocycles. The Bertz CT molecular complexity index is 913. The third-order valence-electron chi connectivity index (χ3n) is 4.16. The summed E-state index contributed by atoms with van der Waals surface area (Å²) in [6.07, 6.45) is 0.608. The number of hydrogen-bond acceptors (Lipinski definition) is 6. The molecule has 2 aromatic rings. The van der Waals surface area contributed by atoms with Crippen LogP contribution >= 0.6 is 0 Å². The van der Waals surface area contributed by atoms with Gasteiger partial charge in [0.25, 0.3) is 15.9 Å². The van der Waals surface area contributed by atoms with Crippen LogP contribution in [0.5, 0.6) is 11.5 Å². The van der Waals surface area contributed by atoms with E-state index in [1.54, 1.807) is 14.2 Å². The average molecular weight is 408 g/mol. The second-order valence-corrected chi connectivity index (χ2v) is 7.75. The molecule has 0 bridgehead atoms. The van der Waals surface area contributed by atoms with E-state index in [9.17, 15) is 13.2 Å². The van der Waals surface area contributed by atoms with E-state index < -0.39 is 10.0 Å². The van der Waals surface area contributed by atoms with Gasteiger partial charge in [-0.3, -0.25) is 9.63 Å². The summed E-state index contributed by atoms with van der Waals surface area (Å²) in [6, 6.07) is 11.2. The Hall–Kier alpha value is -2.62. The molecule has 0 heterocycles. The predicted molar refractivity (Wildman–Crippen MR) is 104 cm³/mol. The summed E-state index contributed by atoms with van der Waals surface area (Å²) >= 11 is 0. The van der Waals surface area contributed by atoms with Crippen molar-refractivity contribution in [2.24, 2.45) is 0 Å². The minimum Gasteiger partial charge on any atom is -0.493 e. The first-order valence-corrected chi connectivity index (χ1v) is 9.89.